The molecular weight excluding hydrogens is 208 g/mol. The minimum absolute atomic E-state index is 0.211. The average molecular weight is 224 g/mol. The van der Waals surface area contributed by atoms with E-state index < -0.39 is 0 Å². The summed E-state index contributed by atoms with van der Waals surface area (Å²) in [6.45, 7) is 5.59. The van der Waals surface area contributed by atoms with Gasteiger partial charge in [0.25, 0.3) is 0 Å². The van der Waals surface area contributed by atoms with Crippen LogP contribution in [0.2, 0.25) is 0 Å². The summed E-state index contributed by atoms with van der Waals surface area (Å²) >= 11 is 1.67. The highest BCUT2D eigenvalue weighted by Gasteiger charge is 2.24. The highest BCUT2D eigenvalue weighted by molar-refractivity contribution is 7.13. The van der Waals surface area contributed by atoms with Crippen molar-refractivity contribution in [2.45, 2.75) is 26.7 Å². The van der Waals surface area contributed by atoms with Gasteiger partial charge < -0.3 is 4.90 Å². The van der Waals surface area contributed by atoms with Gasteiger partial charge in [-0.25, -0.2) is 4.98 Å². The minimum Gasteiger partial charge on any atom is -0.347 e. The summed E-state index contributed by atoms with van der Waals surface area (Å²) in [7, 11) is 0. The molecule has 0 aliphatic carbocycles. The van der Waals surface area contributed by atoms with Gasteiger partial charge in [0.1, 0.15) is 5.78 Å². The van der Waals surface area contributed by atoms with Crippen LogP contribution in [-0.2, 0) is 4.79 Å². The zero-order valence-electron chi connectivity index (χ0n) is 9.19. The van der Waals surface area contributed by atoms with Crippen molar-refractivity contribution in [1.82, 2.24) is 4.98 Å². The predicted molar refractivity (Wildman–Crippen MR) is 62.5 cm³/mol. The number of ketones is 1. The topological polar surface area (TPSA) is 33.2 Å². The minimum atomic E-state index is 0.211. The maximum absolute atomic E-state index is 11.3. The second-order valence-corrected chi connectivity index (χ2v) is 5.00. The maximum atomic E-state index is 11.3. The van der Waals surface area contributed by atoms with Crippen LogP contribution in [0.25, 0.3) is 0 Å². The standard InChI is InChI=1S/C11H16N2OS/c1-8-7-15-11(12-8)13-5-3-4-10(6-13)9(2)14/h7,10H,3-6H2,1-2H3. The van der Waals surface area contributed by atoms with Gasteiger partial charge >= 0.3 is 0 Å². The van der Waals surface area contributed by atoms with Crippen LogP contribution in [0, 0.1) is 12.8 Å². The first-order valence-electron chi connectivity index (χ1n) is 5.34. The lowest BCUT2D eigenvalue weighted by atomic mass is 9.95. The molecule has 0 N–H and O–H groups in total. The number of carbonyl (C=O) groups excluding carboxylic acids is 1. The van der Waals surface area contributed by atoms with Gasteiger partial charge in [0, 0.05) is 24.4 Å². The number of rotatable bonds is 2. The second-order valence-electron chi connectivity index (χ2n) is 4.17. The quantitative estimate of drug-likeness (QED) is 0.772. The van der Waals surface area contributed by atoms with Gasteiger partial charge in [-0.1, -0.05) is 0 Å². The van der Waals surface area contributed by atoms with Gasteiger partial charge in [-0.2, -0.15) is 0 Å². The third-order valence-electron chi connectivity index (χ3n) is 2.87. The zero-order chi connectivity index (χ0) is 10.8. The van der Waals surface area contributed by atoms with Crippen molar-refractivity contribution in [3.63, 3.8) is 0 Å². The molecule has 0 spiro atoms. The molecule has 1 aromatic heterocycles. The Labute approximate surface area is 94.1 Å². The fourth-order valence-electron chi connectivity index (χ4n) is 1.97. The molecule has 1 aliphatic heterocycles. The second kappa shape index (κ2) is 4.31. The largest absolute Gasteiger partial charge is 0.347 e. The third kappa shape index (κ3) is 2.37. The summed E-state index contributed by atoms with van der Waals surface area (Å²) in [5.74, 6) is 0.524. The van der Waals surface area contributed by atoms with Gasteiger partial charge in [-0.05, 0) is 26.7 Å². The van der Waals surface area contributed by atoms with Gasteiger partial charge in [0.2, 0.25) is 0 Å². The van der Waals surface area contributed by atoms with E-state index in [4.69, 9.17) is 0 Å². The van der Waals surface area contributed by atoms with Gasteiger partial charge in [0.05, 0.1) is 5.69 Å². The van der Waals surface area contributed by atoms with E-state index in [2.05, 4.69) is 15.3 Å². The predicted octanol–water partition coefficient (Wildman–Crippen LogP) is 2.26. The van der Waals surface area contributed by atoms with E-state index in [9.17, 15) is 4.79 Å². The number of Topliss-reactive ketones (excluding diaryl/α,β-unsaturated/α-hetero) is 1. The summed E-state index contributed by atoms with van der Waals surface area (Å²) in [4.78, 5) is 18.0. The normalized spacial score (nSPS) is 21.7. The van der Waals surface area contributed by atoms with Crippen LogP contribution >= 0.6 is 11.3 Å². The first-order valence-corrected chi connectivity index (χ1v) is 6.22. The number of aromatic nitrogens is 1. The number of carbonyl (C=O) groups is 1. The van der Waals surface area contributed by atoms with E-state index >= 15 is 0 Å². The smallest absolute Gasteiger partial charge is 0.185 e. The van der Waals surface area contributed by atoms with Crippen LogP contribution in [-0.4, -0.2) is 23.9 Å². The van der Waals surface area contributed by atoms with E-state index in [1.165, 1.54) is 0 Å². The number of anilines is 1. The Kier molecular flexibility index (Phi) is 3.05. The molecule has 2 rings (SSSR count). The highest BCUT2D eigenvalue weighted by Crippen LogP contribution is 2.26. The van der Waals surface area contributed by atoms with Crippen LogP contribution in [0.15, 0.2) is 5.38 Å². The van der Waals surface area contributed by atoms with Crippen LogP contribution in [0.3, 0.4) is 0 Å². The number of piperidine rings is 1. The molecule has 0 aromatic carbocycles. The van der Waals surface area contributed by atoms with Crippen molar-refractivity contribution < 1.29 is 4.79 Å². The number of hydrogen-bond donors (Lipinski definition) is 0. The molecule has 82 valence electrons. The van der Waals surface area contributed by atoms with E-state index in [-0.39, 0.29) is 5.92 Å². The molecular formula is C11H16N2OS. The van der Waals surface area contributed by atoms with E-state index in [1.54, 1.807) is 18.3 Å². The molecule has 1 atom stereocenters. The lowest BCUT2D eigenvalue weighted by Gasteiger charge is -2.31. The first-order chi connectivity index (χ1) is 7.16. The first kappa shape index (κ1) is 10.6. The summed E-state index contributed by atoms with van der Waals surface area (Å²) < 4.78 is 0. The highest BCUT2D eigenvalue weighted by atomic mass is 32.1. The van der Waals surface area contributed by atoms with E-state index in [0.717, 1.165) is 36.8 Å². The van der Waals surface area contributed by atoms with Crippen LogP contribution in [0.5, 0.6) is 0 Å². The van der Waals surface area contributed by atoms with Crippen LogP contribution < -0.4 is 4.90 Å². The SMILES string of the molecule is CC(=O)C1CCCN(c2nc(C)cs2)C1. The van der Waals surface area contributed by atoms with Crippen molar-refractivity contribution in [3.8, 4) is 0 Å². The molecule has 0 amide bonds. The van der Waals surface area contributed by atoms with Crippen molar-refractivity contribution in [3.05, 3.63) is 11.1 Å². The molecule has 1 fully saturated rings. The molecule has 1 aliphatic rings. The van der Waals surface area contributed by atoms with Gasteiger partial charge in [-0.3, -0.25) is 4.79 Å². The third-order valence-corrected chi connectivity index (χ3v) is 3.89. The zero-order valence-corrected chi connectivity index (χ0v) is 10.0. The van der Waals surface area contributed by atoms with E-state index in [0.29, 0.717) is 5.78 Å². The lowest BCUT2D eigenvalue weighted by molar-refractivity contribution is -0.120. The molecule has 2 heterocycles. The van der Waals surface area contributed by atoms with Crippen molar-refractivity contribution in [1.29, 1.82) is 0 Å². The number of thiazole rings is 1. The van der Waals surface area contributed by atoms with Crippen molar-refractivity contribution in [2.24, 2.45) is 5.92 Å². The summed E-state index contributed by atoms with van der Waals surface area (Å²) in [6.07, 6.45) is 2.14. The molecule has 1 unspecified atom stereocenters. The Morgan fingerprint density at radius 3 is 3.07 bits per heavy atom. The summed E-state index contributed by atoms with van der Waals surface area (Å²) in [6, 6.07) is 0. The van der Waals surface area contributed by atoms with Crippen LogP contribution in [0.1, 0.15) is 25.5 Å². The van der Waals surface area contributed by atoms with Gasteiger partial charge in [-0.15, -0.1) is 11.3 Å². The maximum Gasteiger partial charge on any atom is 0.185 e. The monoisotopic (exact) mass is 224 g/mol. The lowest BCUT2D eigenvalue weighted by Crippen LogP contribution is -2.38. The van der Waals surface area contributed by atoms with Crippen molar-refractivity contribution >= 4 is 22.3 Å². The molecule has 0 radical (unpaired) electrons. The van der Waals surface area contributed by atoms with Crippen LogP contribution in [0.4, 0.5) is 5.13 Å². The Morgan fingerprint density at radius 1 is 1.67 bits per heavy atom. The fourth-order valence-corrected chi connectivity index (χ4v) is 2.81. The number of nitrogens with zero attached hydrogens (tertiary/aromatic N) is 2. The molecule has 15 heavy (non-hydrogen) atoms. The Hall–Kier alpha value is -0.900. The van der Waals surface area contributed by atoms with Crippen molar-refractivity contribution in [2.75, 3.05) is 18.0 Å². The number of aryl methyl sites for hydroxylation is 1. The molecule has 0 bridgehead atoms. The average Bonchev–Trinajstić information content (AvgIpc) is 2.65. The summed E-state index contributed by atoms with van der Waals surface area (Å²) in [5.41, 5.74) is 1.07. The molecule has 4 heteroatoms. The summed E-state index contributed by atoms with van der Waals surface area (Å²) in [5, 5.41) is 3.13. The molecule has 1 aromatic rings. The molecule has 0 saturated carbocycles. The molecule has 3 nitrogen and oxygen atoms in total. The fraction of sp³-hybridized carbons (Fsp3) is 0.636. The molecule has 1 saturated heterocycles. The Morgan fingerprint density at radius 2 is 2.47 bits per heavy atom. The number of hydrogen-bond acceptors (Lipinski definition) is 4. The van der Waals surface area contributed by atoms with Gasteiger partial charge in [0.15, 0.2) is 5.13 Å². The van der Waals surface area contributed by atoms with E-state index in [1.807, 2.05) is 6.92 Å². The Bertz CT molecular complexity index is 361. The Balaban J connectivity index is 2.07.